The molecule has 0 spiro atoms. The summed E-state index contributed by atoms with van der Waals surface area (Å²) in [6, 6.07) is 0.119. The fourth-order valence-electron chi connectivity index (χ4n) is 3.83. The van der Waals surface area contributed by atoms with Crippen LogP contribution in [0.15, 0.2) is 5.16 Å². The van der Waals surface area contributed by atoms with E-state index in [0.29, 0.717) is 25.0 Å². The van der Waals surface area contributed by atoms with Gasteiger partial charge in [-0.25, -0.2) is 0 Å². The SMILES string of the molecule is O=C1[C@H]2CCC(=NO)C[C@H]2C(=O)N1C1CCCCC1. The van der Waals surface area contributed by atoms with Crippen LogP contribution in [-0.2, 0) is 9.59 Å². The highest BCUT2D eigenvalue weighted by atomic mass is 16.4. The molecule has 2 atom stereocenters. The number of fused-ring (bicyclic) bond motifs is 1. The smallest absolute Gasteiger partial charge is 0.233 e. The summed E-state index contributed by atoms with van der Waals surface area (Å²) in [5.41, 5.74) is 0.660. The zero-order chi connectivity index (χ0) is 13.4. The van der Waals surface area contributed by atoms with Crippen LogP contribution < -0.4 is 0 Å². The molecule has 0 aromatic carbocycles. The van der Waals surface area contributed by atoms with Gasteiger partial charge in [0.15, 0.2) is 0 Å². The first-order valence-electron chi connectivity index (χ1n) is 7.29. The molecule has 3 aliphatic rings. The second kappa shape index (κ2) is 4.94. The number of rotatable bonds is 1. The van der Waals surface area contributed by atoms with Gasteiger partial charge in [-0.3, -0.25) is 14.5 Å². The van der Waals surface area contributed by atoms with Gasteiger partial charge in [0, 0.05) is 12.5 Å². The highest BCUT2D eigenvalue weighted by molar-refractivity contribution is 6.08. The summed E-state index contributed by atoms with van der Waals surface area (Å²) >= 11 is 0. The van der Waals surface area contributed by atoms with Crippen LogP contribution in [0.25, 0.3) is 0 Å². The molecule has 0 bridgehead atoms. The van der Waals surface area contributed by atoms with Crippen LogP contribution in [0.2, 0.25) is 0 Å². The van der Waals surface area contributed by atoms with Gasteiger partial charge in [0.05, 0.1) is 17.5 Å². The molecule has 3 fully saturated rings. The van der Waals surface area contributed by atoms with Crippen molar-refractivity contribution in [3.8, 4) is 0 Å². The third kappa shape index (κ3) is 2.05. The first-order chi connectivity index (χ1) is 9.22. The number of amides is 2. The van der Waals surface area contributed by atoms with Gasteiger partial charge in [-0.15, -0.1) is 0 Å². The monoisotopic (exact) mass is 264 g/mol. The summed E-state index contributed by atoms with van der Waals surface area (Å²) in [5.74, 6) is -0.435. The van der Waals surface area contributed by atoms with Crippen LogP contribution in [0.5, 0.6) is 0 Å². The van der Waals surface area contributed by atoms with Crippen molar-refractivity contribution in [1.29, 1.82) is 0 Å². The third-order valence-corrected chi connectivity index (χ3v) is 4.88. The minimum Gasteiger partial charge on any atom is -0.411 e. The predicted molar refractivity (Wildman–Crippen MR) is 68.8 cm³/mol. The molecule has 0 radical (unpaired) electrons. The van der Waals surface area contributed by atoms with Crippen LogP contribution in [0.1, 0.15) is 51.4 Å². The van der Waals surface area contributed by atoms with Crippen molar-refractivity contribution >= 4 is 17.5 Å². The average Bonchev–Trinajstić information content (AvgIpc) is 2.71. The second-order valence-electron chi connectivity index (χ2n) is 5.96. The molecular formula is C14H20N2O3. The van der Waals surface area contributed by atoms with Crippen molar-refractivity contribution < 1.29 is 14.8 Å². The Bertz CT molecular complexity index is 426. The van der Waals surface area contributed by atoms with E-state index in [0.717, 1.165) is 25.7 Å². The largest absolute Gasteiger partial charge is 0.411 e. The normalized spacial score (nSPS) is 34.9. The van der Waals surface area contributed by atoms with E-state index in [-0.39, 0.29) is 29.7 Å². The molecule has 19 heavy (non-hydrogen) atoms. The number of oxime groups is 1. The Balaban J connectivity index is 1.80. The van der Waals surface area contributed by atoms with Gasteiger partial charge in [0.25, 0.3) is 0 Å². The van der Waals surface area contributed by atoms with Crippen molar-refractivity contribution in [2.45, 2.75) is 57.4 Å². The molecule has 3 rings (SSSR count). The summed E-state index contributed by atoms with van der Waals surface area (Å²) in [7, 11) is 0. The molecule has 5 nitrogen and oxygen atoms in total. The first-order valence-corrected chi connectivity index (χ1v) is 7.29. The van der Waals surface area contributed by atoms with Crippen LogP contribution in [0.4, 0.5) is 0 Å². The van der Waals surface area contributed by atoms with Crippen LogP contribution in [0, 0.1) is 11.8 Å². The first kappa shape index (κ1) is 12.6. The zero-order valence-electron chi connectivity index (χ0n) is 11.0. The van der Waals surface area contributed by atoms with Crippen LogP contribution >= 0.6 is 0 Å². The van der Waals surface area contributed by atoms with Crippen LogP contribution in [-0.4, -0.2) is 33.7 Å². The lowest BCUT2D eigenvalue weighted by Gasteiger charge is -2.29. The van der Waals surface area contributed by atoms with E-state index in [1.807, 2.05) is 0 Å². The number of carbonyl (C=O) groups excluding carboxylic acids is 2. The Labute approximate surface area is 112 Å². The standard InChI is InChI=1S/C14H20N2O3/c17-13-11-7-6-9(15-19)8-12(11)14(18)16(13)10-4-2-1-3-5-10/h10-12,19H,1-8H2/t11-,12+/m0/s1. The van der Waals surface area contributed by atoms with Crippen molar-refractivity contribution in [2.24, 2.45) is 17.0 Å². The van der Waals surface area contributed by atoms with Gasteiger partial charge < -0.3 is 5.21 Å². The second-order valence-corrected chi connectivity index (χ2v) is 5.96. The molecule has 1 heterocycles. The summed E-state index contributed by atoms with van der Waals surface area (Å²) in [4.78, 5) is 26.5. The number of hydrogen-bond donors (Lipinski definition) is 1. The zero-order valence-corrected chi connectivity index (χ0v) is 11.0. The van der Waals surface area contributed by atoms with Gasteiger partial charge in [0.1, 0.15) is 0 Å². The van der Waals surface area contributed by atoms with E-state index in [9.17, 15) is 9.59 Å². The van der Waals surface area contributed by atoms with Crippen molar-refractivity contribution in [2.75, 3.05) is 0 Å². The van der Waals surface area contributed by atoms with Crippen LogP contribution in [0.3, 0.4) is 0 Å². The minimum absolute atomic E-state index is 0.0252. The minimum atomic E-state index is -0.269. The van der Waals surface area contributed by atoms with Gasteiger partial charge in [-0.1, -0.05) is 24.4 Å². The molecule has 104 valence electrons. The molecule has 0 aromatic heterocycles. The van der Waals surface area contributed by atoms with Crippen molar-refractivity contribution in [1.82, 2.24) is 4.90 Å². The third-order valence-electron chi connectivity index (χ3n) is 4.88. The molecule has 5 heteroatoms. The molecule has 0 unspecified atom stereocenters. The van der Waals surface area contributed by atoms with E-state index in [4.69, 9.17) is 5.21 Å². The topological polar surface area (TPSA) is 70.0 Å². The van der Waals surface area contributed by atoms with Gasteiger partial charge >= 0.3 is 0 Å². The number of likely N-dealkylation sites (tertiary alicyclic amines) is 1. The Morgan fingerprint density at radius 3 is 2.37 bits per heavy atom. The Hall–Kier alpha value is -1.39. The number of carbonyl (C=O) groups is 2. The van der Waals surface area contributed by atoms with E-state index >= 15 is 0 Å². The fraction of sp³-hybridized carbons (Fsp3) is 0.786. The van der Waals surface area contributed by atoms with E-state index in [1.165, 1.54) is 6.42 Å². The van der Waals surface area contributed by atoms with Gasteiger partial charge in [-0.05, 0) is 25.7 Å². The molecule has 1 N–H and O–H groups in total. The number of nitrogens with zero attached hydrogens (tertiary/aromatic N) is 2. The maximum absolute atomic E-state index is 12.5. The lowest BCUT2D eigenvalue weighted by atomic mass is 9.80. The Kier molecular flexibility index (Phi) is 3.29. The molecule has 2 saturated carbocycles. The maximum Gasteiger partial charge on any atom is 0.233 e. The maximum atomic E-state index is 12.5. The van der Waals surface area contributed by atoms with Crippen molar-refractivity contribution in [3.05, 3.63) is 0 Å². The van der Waals surface area contributed by atoms with E-state index in [1.54, 1.807) is 4.90 Å². The summed E-state index contributed by atoms with van der Waals surface area (Å²) < 4.78 is 0. The Morgan fingerprint density at radius 1 is 1.00 bits per heavy atom. The van der Waals surface area contributed by atoms with E-state index in [2.05, 4.69) is 5.16 Å². The highest BCUT2D eigenvalue weighted by Gasteiger charge is 2.51. The highest BCUT2D eigenvalue weighted by Crippen LogP contribution is 2.40. The van der Waals surface area contributed by atoms with Gasteiger partial charge in [-0.2, -0.15) is 0 Å². The number of imide groups is 1. The summed E-state index contributed by atoms with van der Waals surface area (Å²) in [5, 5.41) is 12.1. The lowest BCUT2D eigenvalue weighted by Crippen LogP contribution is -2.41. The Morgan fingerprint density at radius 2 is 1.68 bits per heavy atom. The van der Waals surface area contributed by atoms with Gasteiger partial charge in [0.2, 0.25) is 11.8 Å². The fourth-order valence-corrected chi connectivity index (χ4v) is 3.83. The predicted octanol–water partition coefficient (Wildman–Crippen LogP) is 1.93. The average molecular weight is 264 g/mol. The van der Waals surface area contributed by atoms with E-state index < -0.39 is 0 Å². The molecular weight excluding hydrogens is 244 g/mol. The molecule has 1 aliphatic heterocycles. The van der Waals surface area contributed by atoms with Crippen molar-refractivity contribution in [3.63, 3.8) is 0 Å². The molecule has 2 aliphatic carbocycles. The summed E-state index contributed by atoms with van der Waals surface area (Å²) in [6.07, 6.45) is 7.08. The molecule has 1 saturated heterocycles. The quantitative estimate of drug-likeness (QED) is 0.447. The number of hydrogen-bond acceptors (Lipinski definition) is 4. The molecule has 0 aromatic rings. The lowest BCUT2D eigenvalue weighted by molar-refractivity contribution is -0.143. The summed E-state index contributed by atoms with van der Waals surface area (Å²) in [6.45, 7) is 0. The molecule has 2 amide bonds.